The fourth-order valence-electron chi connectivity index (χ4n) is 0.991. The Morgan fingerprint density at radius 3 is 2.85 bits per heavy atom. The van der Waals surface area contributed by atoms with Gasteiger partial charge in [0.05, 0.1) is 0 Å². The van der Waals surface area contributed by atoms with Gasteiger partial charge in [-0.25, -0.2) is 9.97 Å². The molecule has 0 bridgehead atoms. The third-order valence-corrected chi connectivity index (χ3v) is 1.98. The molecule has 0 spiro atoms. The topological polar surface area (TPSA) is 43.6 Å². The van der Waals surface area contributed by atoms with Crippen LogP contribution in [0.3, 0.4) is 0 Å². The predicted molar refractivity (Wildman–Crippen MR) is 51.7 cm³/mol. The number of imidazole rings is 1. The Morgan fingerprint density at radius 2 is 2.15 bits per heavy atom. The Kier molecular flexibility index (Phi) is 1.94. The van der Waals surface area contributed by atoms with E-state index in [9.17, 15) is 0 Å². The molecule has 0 atom stereocenters. The van der Waals surface area contributed by atoms with E-state index in [0.717, 1.165) is 0 Å². The monoisotopic (exact) mass is 214 g/mol. The first-order valence-electron chi connectivity index (χ1n) is 3.40. The lowest BCUT2D eigenvalue weighted by Gasteiger charge is -1.95. The summed E-state index contributed by atoms with van der Waals surface area (Å²) >= 11 is 11.4. The summed E-state index contributed by atoms with van der Waals surface area (Å²) in [7, 11) is 0. The van der Waals surface area contributed by atoms with E-state index in [-0.39, 0.29) is 10.4 Å². The highest BCUT2D eigenvalue weighted by Gasteiger charge is 2.08. The van der Waals surface area contributed by atoms with E-state index in [2.05, 4.69) is 21.5 Å². The lowest BCUT2D eigenvalue weighted by molar-refractivity contribution is 1.13. The molecule has 2 rings (SSSR count). The van der Waals surface area contributed by atoms with Gasteiger partial charge in [-0.1, -0.05) is 18.2 Å². The summed E-state index contributed by atoms with van der Waals surface area (Å²) in [4.78, 5) is 11.7. The maximum atomic E-state index is 5.79. The normalized spacial score (nSPS) is 10.6. The molecule has 13 heavy (non-hydrogen) atoms. The number of rotatable bonds is 1. The van der Waals surface area contributed by atoms with Crippen molar-refractivity contribution in [2.45, 2.75) is 0 Å². The van der Waals surface area contributed by atoms with Crippen LogP contribution in [0.1, 0.15) is 0 Å². The first-order chi connectivity index (χ1) is 6.22. The Hall–Kier alpha value is -1.13. The number of hydrogen-bond acceptors (Lipinski definition) is 3. The Balaban J connectivity index is 2.89. The second kappa shape index (κ2) is 2.97. The summed E-state index contributed by atoms with van der Waals surface area (Å²) in [6.45, 7) is 3.59. The van der Waals surface area contributed by atoms with Crippen molar-refractivity contribution in [2.75, 3.05) is 0 Å². The van der Waals surface area contributed by atoms with Gasteiger partial charge in [0.1, 0.15) is 11.8 Å². The number of halogens is 2. The van der Waals surface area contributed by atoms with Gasteiger partial charge < -0.3 is 0 Å². The van der Waals surface area contributed by atoms with Crippen molar-refractivity contribution in [2.24, 2.45) is 0 Å². The molecule has 0 aliphatic carbocycles. The van der Waals surface area contributed by atoms with Gasteiger partial charge >= 0.3 is 0 Å². The minimum absolute atomic E-state index is 0.0982. The zero-order chi connectivity index (χ0) is 9.42. The van der Waals surface area contributed by atoms with Crippen molar-refractivity contribution in [1.29, 1.82) is 0 Å². The van der Waals surface area contributed by atoms with Crippen LogP contribution in [0.5, 0.6) is 0 Å². The molecule has 0 N–H and O–H groups in total. The lowest BCUT2D eigenvalue weighted by Crippen LogP contribution is -1.89. The average molecular weight is 215 g/mol. The molecule has 0 aliphatic rings. The summed E-state index contributed by atoms with van der Waals surface area (Å²) in [5.41, 5.74) is 1.07. The van der Waals surface area contributed by atoms with E-state index in [1.165, 1.54) is 0 Å². The molecule has 0 radical (unpaired) electrons. The molecule has 66 valence electrons. The Labute approximate surface area is 83.8 Å². The van der Waals surface area contributed by atoms with Crippen LogP contribution >= 0.6 is 23.2 Å². The van der Waals surface area contributed by atoms with Crippen molar-refractivity contribution >= 4 is 40.6 Å². The highest BCUT2D eigenvalue weighted by Crippen LogP contribution is 2.20. The van der Waals surface area contributed by atoms with Gasteiger partial charge in [0.2, 0.25) is 5.28 Å². The maximum Gasteiger partial charge on any atom is 0.225 e. The van der Waals surface area contributed by atoms with Gasteiger partial charge in [0.15, 0.2) is 10.8 Å². The largest absolute Gasteiger partial charge is 0.291 e. The molecule has 0 aromatic carbocycles. The van der Waals surface area contributed by atoms with E-state index in [4.69, 9.17) is 23.2 Å². The number of fused-ring (bicyclic) bond motifs is 1. The standard InChI is InChI=1S/C7H4Cl2N4/c1-2-13-3-10-4-5(8)11-7(9)12-6(4)13/h2-3H,1H2. The SMILES string of the molecule is C=Cn1cnc2c(Cl)nc(Cl)nc21. The van der Waals surface area contributed by atoms with E-state index in [1.54, 1.807) is 17.1 Å². The average Bonchev–Trinajstić information content (AvgIpc) is 2.47. The molecule has 4 nitrogen and oxygen atoms in total. The molecular formula is C7H4Cl2N4. The van der Waals surface area contributed by atoms with Crippen LogP contribution in [0.2, 0.25) is 10.4 Å². The van der Waals surface area contributed by atoms with Crippen LogP contribution < -0.4 is 0 Å². The van der Waals surface area contributed by atoms with Crippen molar-refractivity contribution in [3.8, 4) is 0 Å². The summed E-state index contributed by atoms with van der Waals surface area (Å²) < 4.78 is 1.62. The molecule has 6 heteroatoms. The second-order valence-electron chi connectivity index (χ2n) is 2.29. The van der Waals surface area contributed by atoms with Crippen molar-refractivity contribution in [1.82, 2.24) is 19.5 Å². The Morgan fingerprint density at radius 1 is 1.38 bits per heavy atom. The summed E-state index contributed by atoms with van der Waals surface area (Å²) in [6, 6.07) is 0. The number of hydrogen-bond donors (Lipinski definition) is 0. The molecule has 2 aromatic heterocycles. The third-order valence-electron chi connectivity index (χ3n) is 1.55. The van der Waals surface area contributed by atoms with Gasteiger partial charge in [0, 0.05) is 6.20 Å². The van der Waals surface area contributed by atoms with Crippen LogP contribution in [0.4, 0.5) is 0 Å². The van der Waals surface area contributed by atoms with Crippen LogP contribution in [0, 0.1) is 0 Å². The maximum absolute atomic E-state index is 5.79. The van der Waals surface area contributed by atoms with Gasteiger partial charge in [0.25, 0.3) is 0 Å². The number of nitrogens with zero attached hydrogens (tertiary/aromatic N) is 4. The third kappa shape index (κ3) is 1.28. The van der Waals surface area contributed by atoms with Gasteiger partial charge in [-0.05, 0) is 11.6 Å². The number of aromatic nitrogens is 4. The second-order valence-corrected chi connectivity index (χ2v) is 2.99. The minimum atomic E-state index is 0.0982. The van der Waals surface area contributed by atoms with Gasteiger partial charge in [-0.3, -0.25) is 4.57 Å². The van der Waals surface area contributed by atoms with E-state index in [0.29, 0.717) is 11.2 Å². The van der Waals surface area contributed by atoms with Crippen LogP contribution in [0.25, 0.3) is 17.4 Å². The van der Waals surface area contributed by atoms with Crippen LogP contribution in [-0.2, 0) is 0 Å². The van der Waals surface area contributed by atoms with Crippen LogP contribution in [-0.4, -0.2) is 19.5 Å². The van der Waals surface area contributed by atoms with Gasteiger partial charge in [-0.2, -0.15) is 4.98 Å². The zero-order valence-electron chi connectivity index (χ0n) is 6.41. The van der Waals surface area contributed by atoms with Crippen molar-refractivity contribution in [3.63, 3.8) is 0 Å². The first kappa shape index (κ1) is 8.47. The van der Waals surface area contributed by atoms with Crippen molar-refractivity contribution < 1.29 is 0 Å². The van der Waals surface area contributed by atoms with E-state index >= 15 is 0 Å². The van der Waals surface area contributed by atoms with E-state index in [1.807, 2.05) is 0 Å². The quantitative estimate of drug-likeness (QED) is 0.541. The minimum Gasteiger partial charge on any atom is -0.291 e. The molecular weight excluding hydrogens is 211 g/mol. The molecule has 0 saturated carbocycles. The fourth-order valence-corrected chi connectivity index (χ4v) is 1.41. The predicted octanol–water partition coefficient (Wildman–Crippen LogP) is 2.23. The van der Waals surface area contributed by atoms with Gasteiger partial charge in [-0.15, -0.1) is 0 Å². The lowest BCUT2D eigenvalue weighted by atomic mass is 10.5. The molecule has 2 heterocycles. The first-order valence-corrected chi connectivity index (χ1v) is 4.16. The Bertz CT molecular complexity index is 477. The van der Waals surface area contributed by atoms with E-state index < -0.39 is 0 Å². The van der Waals surface area contributed by atoms with Crippen LogP contribution in [0.15, 0.2) is 12.9 Å². The fraction of sp³-hybridized carbons (Fsp3) is 0. The summed E-state index contributed by atoms with van der Waals surface area (Å²) in [6.07, 6.45) is 3.11. The molecule has 0 unspecified atom stereocenters. The van der Waals surface area contributed by atoms with Crippen molar-refractivity contribution in [3.05, 3.63) is 23.3 Å². The summed E-state index contributed by atoms with van der Waals surface area (Å²) in [5, 5.41) is 0.344. The molecule has 0 fully saturated rings. The highest BCUT2D eigenvalue weighted by atomic mass is 35.5. The molecule has 2 aromatic rings. The smallest absolute Gasteiger partial charge is 0.225 e. The molecule has 0 amide bonds. The summed E-state index contributed by atoms with van der Waals surface area (Å²) in [5.74, 6) is 0. The molecule has 0 aliphatic heterocycles. The highest BCUT2D eigenvalue weighted by molar-refractivity contribution is 6.35. The molecule has 0 saturated heterocycles. The zero-order valence-corrected chi connectivity index (χ0v) is 7.92.